The molecule has 0 saturated heterocycles. The minimum atomic E-state index is -4.39. The Bertz CT molecular complexity index is 1200. The number of carboxylic acids is 1. The van der Waals surface area contributed by atoms with Gasteiger partial charge in [-0.3, -0.25) is 9.48 Å². The molecule has 192 valence electrons. The number of thioether (sulfide) groups is 1. The van der Waals surface area contributed by atoms with E-state index in [0.717, 1.165) is 29.8 Å². The van der Waals surface area contributed by atoms with Crippen molar-refractivity contribution in [2.24, 2.45) is 0 Å². The summed E-state index contributed by atoms with van der Waals surface area (Å²) in [6, 6.07) is 11.5. The number of carbonyl (C=O) groups is 2. The SMILES string of the molecule is CCCc1nn(Cc2ccc(C(F)(F)F)cc2)cc1COC(=O)c1ccc(SC(C)(C)C(=O)O)cc1. The summed E-state index contributed by atoms with van der Waals surface area (Å²) in [4.78, 5) is 24.6. The van der Waals surface area contributed by atoms with Crippen molar-refractivity contribution in [3.8, 4) is 0 Å². The number of aliphatic carboxylic acids is 1. The van der Waals surface area contributed by atoms with Crippen molar-refractivity contribution in [1.82, 2.24) is 9.78 Å². The standard InChI is InChI=1S/C26H27F3N2O4S/c1-4-5-22-19(15-31(30-22)14-17-6-10-20(11-7-17)26(27,28)29)16-35-23(32)18-8-12-21(13-9-18)36-25(2,3)24(33)34/h6-13,15H,4-5,14,16H2,1-3H3,(H,33,34). The Balaban J connectivity index is 1.65. The number of aromatic nitrogens is 2. The molecule has 0 fully saturated rings. The maximum absolute atomic E-state index is 12.8. The second-order valence-electron chi connectivity index (χ2n) is 8.76. The van der Waals surface area contributed by atoms with Gasteiger partial charge in [-0.2, -0.15) is 18.3 Å². The smallest absolute Gasteiger partial charge is 0.416 e. The van der Waals surface area contributed by atoms with Crippen molar-refractivity contribution in [2.75, 3.05) is 0 Å². The first-order valence-corrected chi connectivity index (χ1v) is 12.1. The molecule has 0 bridgehead atoms. The largest absolute Gasteiger partial charge is 0.480 e. The van der Waals surface area contributed by atoms with E-state index < -0.39 is 28.4 Å². The van der Waals surface area contributed by atoms with Crippen LogP contribution < -0.4 is 0 Å². The number of carboxylic acid groups (broad SMARTS) is 1. The maximum Gasteiger partial charge on any atom is 0.416 e. The van der Waals surface area contributed by atoms with Gasteiger partial charge in [0.2, 0.25) is 0 Å². The van der Waals surface area contributed by atoms with E-state index >= 15 is 0 Å². The van der Waals surface area contributed by atoms with E-state index in [4.69, 9.17) is 4.74 Å². The lowest BCUT2D eigenvalue weighted by Crippen LogP contribution is -2.26. The van der Waals surface area contributed by atoms with Gasteiger partial charge in [-0.05, 0) is 62.2 Å². The van der Waals surface area contributed by atoms with Crippen molar-refractivity contribution < 1.29 is 32.6 Å². The molecule has 0 radical (unpaired) electrons. The van der Waals surface area contributed by atoms with Crippen molar-refractivity contribution in [2.45, 2.75) is 62.6 Å². The van der Waals surface area contributed by atoms with Crippen LogP contribution in [0.3, 0.4) is 0 Å². The van der Waals surface area contributed by atoms with Crippen LogP contribution >= 0.6 is 11.8 Å². The molecule has 0 aliphatic heterocycles. The lowest BCUT2D eigenvalue weighted by atomic mass is 10.1. The fourth-order valence-electron chi connectivity index (χ4n) is 3.36. The van der Waals surface area contributed by atoms with Gasteiger partial charge < -0.3 is 9.84 Å². The summed E-state index contributed by atoms with van der Waals surface area (Å²) in [6.45, 7) is 5.50. The molecular weight excluding hydrogens is 493 g/mol. The summed E-state index contributed by atoms with van der Waals surface area (Å²) in [7, 11) is 0. The molecule has 1 heterocycles. The fraction of sp³-hybridized carbons (Fsp3) is 0.346. The zero-order chi connectivity index (χ0) is 26.5. The zero-order valence-electron chi connectivity index (χ0n) is 20.1. The van der Waals surface area contributed by atoms with Crippen LogP contribution in [0.2, 0.25) is 0 Å². The van der Waals surface area contributed by atoms with Crippen LogP contribution in [-0.4, -0.2) is 31.6 Å². The number of benzene rings is 2. The number of alkyl halides is 3. The number of carbonyl (C=O) groups excluding carboxylic acids is 1. The second-order valence-corrected chi connectivity index (χ2v) is 10.5. The fourth-order valence-corrected chi connectivity index (χ4v) is 4.31. The number of ether oxygens (including phenoxy) is 1. The molecule has 0 atom stereocenters. The van der Waals surface area contributed by atoms with Gasteiger partial charge in [-0.1, -0.05) is 25.5 Å². The molecule has 0 aliphatic carbocycles. The highest BCUT2D eigenvalue weighted by Gasteiger charge is 2.30. The van der Waals surface area contributed by atoms with E-state index in [1.807, 2.05) is 6.92 Å². The van der Waals surface area contributed by atoms with Crippen molar-refractivity contribution in [3.63, 3.8) is 0 Å². The first-order valence-electron chi connectivity index (χ1n) is 11.3. The Morgan fingerprint density at radius 1 is 1.06 bits per heavy atom. The topological polar surface area (TPSA) is 81.4 Å². The lowest BCUT2D eigenvalue weighted by molar-refractivity contribution is -0.139. The molecule has 0 unspecified atom stereocenters. The van der Waals surface area contributed by atoms with Gasteiger partial charge in [-0.15, -0.1) is 11.8 Å². The van der Waals surface area contributed by atoms with E-state index in [9.17, 15) is 27.9 Å². The third-order valence-corrected chi connectivity index (χ3v) is 6.57. The number of halogens is 3. The first-order chi connectivity index (χ1) is 16.9. The Morgan fingerprint density at radius 2 is 1.69 bits per heavy atom. The van der Waals surface area contributed by atoms with Crippen LogP contribution in [0, 0.1) is 0 Å². The van der Waals surface area contributed by atoms with Gasteiger partial charge in [0.25, 0.3) is 0 Å². The summed E-state index contributed by atoms with van der Waals surface area (Å²) >= 11 is 1.18. The first kappa shape index (κ1) is 27.3. The molecule has 0 amide bonds. The number of hydrogen-bond acceptors (Lipinski definition) is 5. The molecular formula is C26H27F3N2O4S. The molecule has 3 rings (SSSR count). The highest BCUT2D eigenvalue weighted by Crippen LogP contribution is 2.33. The number of aryl methyl sites for hydroxylation is 1. The molecule has 0 saturated carbocycles. The van der Waals surface area contributed by atoms with E-state index in [1.165, 1.54) is 23.9 Å². The summed E-state index contributed by atoms with van der Waals surface area (Å²) in [5.74, 6) is -1.46. The molecule has 10 heteroatoms. The van der Waals surface area contributed by atoms with Crippen molar-refractivity contribution >= 4 is 23.7 Å². The van der Waals surface area contributed by atoms with Gasteiger partial charge in [-0.25, -0.2) is 4.79 Å². The number of hydrogen-bond donors (Lipinski definition) is 1. The molecule has 36 heavy (non-hydrogen) atoms. The third-order valence-electron chi connectivity index (χ3n) is 5.37. The Labute approximate surface area is 211 Å². The number of nitrogens with zero attached hydrogens (tertiary/aromatic N) is 2. The van der Waals surface area contributed by atoms with Crippen LogP contribution in [0.25, 0.3) is 0 Å². The number of rotatable bonds is 10. The average molecular weight is 521 g/mol. The predicted octanol–water partition coefficient (Wildman–Crippen LogP) is 6.22. The lowest BCUT2D eigenvalue weighted by Gasteiger charge is -2.18. The highest BCUT2D eigenvalue weighted by molar-refractivity contribution is 8.01. The van der Waals surface area contributed by atoms with Crippen LogP contribution in [0.1, 0.15) is 59.9 Å². The van der Waals surface area contributed by atoms with Crippen LogP contribution in [0.5, 0.6) is 0 Å². The maximum atomic E-state index is 12.8. The third kappa shape index (κ3) is 7.13. The molecule has 3 aromatic rings. The van der Waals surface area contributed by atoms with Gasteiger partial charge in [0, 0.05) is 16.7 Å². The van der Waals surface area contributed by atoms with E-state index in [0.29, 0.717) is 22.4 Å². The van der Waals surface area contributed by atoms with E-state index in [2.05, 4.69) is 5.10 Å². The molecule has 0 spiro atoms. The summed E-state index contributed by atoms with van der Waals surface area (Å²) in [5.41, 5.74) is 1.79. The Kier molecular flexibility index (Phi) is 8.50. The minimum absolute atomic E-state index is 0.00370. The van der Waals surface area contributed by atoms with Crippen LogP contribution in [-0.2, 0) is 35.3 Å². The summed E-state index contributed by atoms with van der Waals surface area (Å²) in [6.07, 6.45) is -1.16. The van der Waals surface area contributed by atoms with Gasteiger partial charge in [0.1, 0.15) is 11.4 Å². The van der Waals surface area contributed by atoms with Gasteiger partial charge >= 0.3 is 18.1 Å². The quantitative estimate of drug-likeness (QED) is 0.253. The average Bonchev–Trinajstić information content (AvgIpc) is 3.18. The van der Waals surface area contributed by atoms with Crippen LogP contribution in [0.15, 0.2) is 59.6 Å². The van der Waals surface area contributed by atoms with Gasteiger partial charge in [0.15, 0.2) is 0 Å². The van der Waals surface area contributed by atoms with E-state index in [1.54, 1.807) is 49.0 Å². The van der Waals surface area contributed by atoms with Crippen molar-refractivity contribution in [1.29, 1.82) is 0 Å². The summed E-state index contributed by atoms with van der Waals surface area (Å²) < 4.78 is 44.5. The normalized spacial score (nSPS) is 11.9. The van der Waals surface area contributed by atoms with Crippen LogP contribution in [0.4, 0.5) is 13.2 Å². The molecule has 1 aromatic heterocycles. The van der Waals surface area contributed by atoms with Crippen molar-refractivity contribution in [3.05, 3.63) is 82.7 Å². The number of esters is 1. The zero-order valence-corrected chi connectivity index (χ0v) is 20.9. The monoisotopic (exact) mass is 520 g/mol. The summed E-state index contributed by atoms with van der Waals surface area (Å²) in [5, 5.41) is 13.8. The Morgan fingerprint density at radius 3 is 2.25 bits per heavy atom. The van der Waals surface area contributed by atoms with E-state index in [-0.39, 0.29) is 13.2 Å². The minimum Gasteiger partial charge on any atom is -0.480 e. The molecule has 0 aliphatic rings. The van der Waals surface area contributed by atoms with Gasteiger partial charge in [0.05, 0.1) is 23.4 Å². The molecule has 2 aromatic carbocycles. The molecule has 1 N–H and O–H groups in total. The predicted molar refractivity (Wildman–Crippen MR) is 130 cm³/mol. The highest BCUT2D eigenvalue weighted by atomic mass is 32.2. The second kappa shape index (κ2) is 11.2. The molecule has 6 nitrogen and oxygen atoms in total. The Hall–Kier alpha value is -3.27.